The Labute approximate surface area is 167 Å². The van der Waals surface area contributed by atoms with Crippen LogP contribution in [0.3, 0.4) is 0 Å². The van der Waals surface area contributed by atoms with E-state index in [0.29, 0.717) is 30.0 Å². The number of piperidine rings is 1. The molecule has 7 nitrogen and oxygen atoms in total. The summed E-state index contributed by atoms with van der Waals surface area (Å²) >= 11 is 5.85. The van der Waals surface area contributed by atoms with E-state index in [4.69, 9.17) is 11.6 Å². The number of benzene rings is 2. The fourth-order valence-electron chi connectivity index (χ4n) is 3.10. The van der Waals surface area contributed by atoms with Crippen molar-refractivity contribution in [3.8, 4) is 5.75 Å². The van der Waals surface area contributed by atoms with Crippen LogP contribution in [0, 0.1) is 5.92 Å². The second-order valence-electron chi connectivity index (χ2n) is 6.56. The van der Waals surface area contributed by atoms with E-state index in [1.165, 1.54) is 12.1 Å². The number of likely N-dealkylation sites (tertiary alicyclic amines) is 1. The average Bonchev–Trinajstić information content (AvgIpc) is 2.72. The maximum absolute atomic E-state index is 12.6. The third-order valence-electron chi connectivity index (χ3n) is 4.62. The molecule has 1 fully saturated rings. The monoisotopic (exact) mass is 401 g/mol. The zero-order valence-corrected chi connectivity index (χ0v) is 15.8. The number of para-hydroxylation sites is 1. The lowest BCUT2D eigenvalue weighted by atomic mass is 9.96. The third kappa shape index (κ3) is 4.61. The molecule has 3 N–H and O–H groups in total. The van der Waals surface area contributed by atoms with Gasteiger partial charge in [0.2, 0.25) is 5.91 Å². The van der Waals surface area contributed by atoms with Gasteiger partial charge in [0.25, 0.3) is 11.8 Å². The number of carbonyl (C=O) groups excluding carboxylic acids is 3. The van der Waals surface area contributed by atoms with Gasteiger partial charge in [0.1, 0.15) is 5.75 Å². The van der Waals surface area contributed by atoms with Crippen LogP contribution in [0.1, 0.15) is 33.6 Å². The SMILES string of the molecule is O=C(NNC(=O)C1CCCN(C(=O)c2ccc(Cl)cc2)C1)c1ccccc1O. The van der Waals surface area contributed by atoms with Crippen LogP contribution in [0.2, 0.25) is 5.02 Å². The predicted molar refractivity (Wildman–Crippen MR) is 104 cm³/mol. The molecule has 146 valence electrons. The molecular weight excluding hydrogens is 382 g/mol. The van der Waals surface area contributed by atoms with Gasteiger partial charge in [-0.25, -0.2) is 0 Å². The summed E-state index contributed by atoms with van der Waals surface area (Å²) in [5.41, 5.74) is 5.26. The summed E-state index contributed by atoms with van der Waals surface area (Å²) in [4.78, 5) is 38.7. The molecular formula is C20H20ClN3O4. The molecule has 2 aromatic carbocycles. The number of aromatic hydroxyl groups is 1. The molecule has 28 heavy (non-hydrogen) atoms. The highest BCUT2D eigenvalue weighted by molar-refractivity contribution is 6.30. The van der Waals surface area contributed by atoms with E-state index in [-0.39, 0.29) is 29.7 Å². The minimum absolute atomic E-state index is 0.0611. The summed E-state index contributed by atoms with van der Waals surface area (Å²) in [5, 5.41) is 10.2. The highest BCUT2D eigenvalue weighted by atomic mass is 35.5. The summed E-state index contributed by atoms with van der Waals surface area (Å²) in [7, 11) is 0. The van der Waals surface area contributed by atoms with Crippen LogP contribution in [0.25, 0.3) is 0 Å². The number of phenolic OH excluding ortho intramolecular Hbond substituents is 1. The zero-order valence-electron chi connectivity index (χ0n) is 15.0. The Hall–Kier alpha value is -3.06. The minimum Gasteiger partial charge on any atom is -0.507 e. The van der Waals surface area contributed by atoms with E-state index in [2.05, 4.69) is 10.9 Å². The Kier molecular flexibility index (Phi) is 6.16. The summed E-state index contributed by atoms with van der Waals surface area (Å²) in [6.07, 6.45) is 1.30. The van der Waals surface area contributed by atoms with Crippen molar-refractivity contribution >= 4 is 29.3 Å². The van der Waals surface area contributed by atoms with Gasteiger partial charge in [-0.05, 0) is 49.2 Å². The Balaban J connectivity index is 1.57. The first-order valence-electron chi connectivity index (χ1n) is 8.88. The van der Waals surface area contributed by atoms with Gasteiger partial charge in [-0.1, -0.05) is 23.7 Å². The predicted octanol–water partition coefficient (Wildman–Crippen LogP) is 2.36. The van der Waals surface area contributed by atoms with Crippen LogP contribution in [0.4, 0.5) is 0 Å². The summed E-state index contributed by atoms with van der Waals surface area (Å²) in [6, 6.07) is 12.6. The maximum atomic E-state index is 12.6. The molecule has 2 aromatic rings. The first kappa shape index (κ1) is 19.7. The summed E-state index contributed by atoms with van der Waals surface area (Å²) in [6.45, 7) is 0.829. The zero-order chi connectivity index (χ0) is 20.1. The Morgan fingerprint density at radius 3 is 2.46 bits per heavy atom. The van der Waals surface area contributed by atoms with Crippen molar-refractivity contribution in [1.29, 1.82) is 0 Å². The maximum Gasteiger partial charge on any atom is 0.273 e. The molecule has 3 rings (SSSR count). The fourth-order valence-corrected chi connectivity index (χ4v) is 3.23. The van der Waals surface area contributed by atoms with Gasteiger partial charge < -0.3 is 10.0 Å². The van der Waals surface area contributed by atoms with Crippen LogP contribution < -0.4 is 10.9 Å². The largest absolute Gasteiger partial charge is 0.507 e. The van der Waals surface area contributed by atoms with E-state index in [9.17, 15) is 19.5 Å². The first-order valence-corrected chi connectivity index (χ1v) is 9.26. The van der Waals surface area contributed by atoms with Gasteiger partial charge in [-0.3, -0.25) is 25.2 Å². The lowest BCUT2D eigenvalue weighted by Gasteiger charge is -2.32. The number of halogens is 1. The van der Waals surface area contributed by atoms with Gasteiger partial charge in [0.15, 0.2) is 0 Å². The Morgan fingerprint density at radius 2 is 1.75 bits per heavy atom. The van der Waals surface area contributed by atoms with Gasteiger partial charge in [-0.15, -0.1) is 0 Å². The van der Waals surface area contributed by atoms with Gasteiger partial charge >= 0.3 is 0 Å². The molecule has 8 heteroatoms. The molecule has 3 amide bonds. The molecule has 0 bridgehead atoms. The molecule has 0 radical (unpaired) electrons. The molecule has 1 aliphatic heterocycles. The van der Waals surface area contributed by atoms with Gasteiger partial charge in [-0.2, -0.15) is 0 Å². The molecule has 0 saturated carbocycles. The highest BCUT2D eigenvalue weighted by Gasteiger charge is 2.29. The third-order valence-corrected chi connectivity index (χ3v) is 4.87. The van der Waals surface area contributed by atoms with Crippen molar-refractivity contribution in [1.82, 2.24) is 15.8 Å². The highest BCUT2D eigenvalue weighted by Crippen LogP contribution is 2.20. The van der Waals surface area contributed by atoms with Crippen LogP contribution >= 0.6 is 11.6 Å². The molecule has 0 aliphatic carbocycles. The molecule has 1 aliphatic rings. The molecule has 0 aromatic heterocycles. The van der Waals surface area contributed by atoms with E-state index in [0.717, 1.165) is 0 Å². The normalized spacial score (nSPS) is 16.3. The Bertz CT molecular complexity index is 885. The van der Waals surface area contributed by atoms with Crippen molar-refractivity contribution in [2.24, 2.45) is 5.92 Å². The van der Waals surface area contributed by atoms with Crippen LogP contribution in [-0.2, 0) is 4.79 Å². The van der Waals surface area contributed by atoms with Crippen LogP contribution in [0.15, 0.2) is 48.5 Å². The second kappa shape index (κ2) is 8.75. The number of hydrogen-bond donors (Lipinski definition) is 3. The van der Waals surface area contributed by atoms with Crippen molar-refractivity contribution in [2.75, 3.05) is 13.1 Å². The number of nitrogens with zero attached hydrogens (tertiary/aromatic N) is 1. The minimum atomic E-state index is -0.614. The topological polar surface area (TPSA) is 98.7 Å². The summed E-state index contributed by atoms with van der Waals surface area (Å²) in [5.74, 6) is -1.76. The number of rotatable bonds is 3. The lowest BCUT2D eigenvalue weighted by molar-refractivity contribution is -0.127. The van der Waals surface area contributed by atoms with E-state index < -0.39 is 11.8 Å². The standard InChI is InChI=1S/C20H20ClN3O4/c21-15-9-7-13(8-10-15)20(28)24-11-3-4-14(12-24)18(26)22-23-19(27)16-5-1-2-6-17(16)25/h1-2,5-10,14,25H,3-4,11-12H2,(H,22,26)(H,23,27). The fraction of sp³-hybridized carbons (Fsp3) is 0.250. The first-order chi connectivity index (χ1) is 13.5. The second-order valence-corrected chi connectivity index (χ2v) is 6.99. The molecule has 1 unspecified atom stereocenters. The van der Waals surface area contributed by atoms with Crippen LogP contribution in [0.5, 0.6) is 5.75 Å². The van der Waals surface area contributed by atoms with Crippen molar-refractivity contribution in [3.05, 3.63) is 64.7 Å². The molecule has 0 spiro atoms. The summed E-state index contributed by atoms with van der Waals surface area (Å²) < 4.78 is 0. The van der Waals surface area contributed by atoms with E-state index in [1.54, 1.807) is 41.3 Å². The van der Waals surface area contributed by atoms with Gasteiger partial charge in [0.05, 0.1) is 11.5 Å². The Morgan fingerprint density at radius 1 is 1.04 bits per heavy atom. The molecule has 1 atom stereocenters. The smallest absolute Gasteiger partial charge is 0.273 e. The number of phenols is 1. The van der Waals surface area contributed by atoms with Crippen LogP contribution in [-0.4, -0.2) is 40.8 Å². The number of amides is 3. The number of nitrogens with one attached hydrogen (secondary N) is 2. The lowest BCUT2D eigenvalue weighted by Crippen LogP contribution is -2.50. The quantitative estimate of drug-likeness (QED) is 0.687. The number of carbonyl (C=O) groups is 3. The number of hydrazine groups is 1. The van der Waals surface area contributed by atoms with Crippen molar-refractivity contribution in [3.63, 3.8) is 0 Å². The molecule has 1 heterocycles. The van der Waals surface area contributed by atoms with E-state index >= 15 is 0 Å². The molecule has 1 saturated heterocycles. The van der Waals surface area contributed by atoms with Gasteiger partial charge in [0, 0.05) is 23.7 Å². The van der Waals surface area contributed by atoms with Crippen molar-refractivity contribution < 1.29 is 19.5 Å². The number of hydrogen-bond acceptors (Lipinski definition) is 4. The van der Waals surface area contributed by atoms with E-state index in [1.807, 2.05) is 0 Å². The average molecular weight is 402 g/mol. The van der Waals surface area contributed by atoms with Crippen molar-refractivity contribution in [2.45, 2.75) is 12.8 Å².